The summed E-state index contributed by atoms with van der Waals surface area (Å²) in [4.78, 5) is 6.69. The molecule has 1 aromatic rings. The number of ether oxygens (including phenoxy) is 1. The van der Waals surface area contributed by atoms with Crippen LogP contribution < -0.4 is 10.1 Å². The summed E-state index contributed by atoms with van der Waals surface area (Å²) in [5.74, 6) is 0.756. The highest BCUT2D eigenvalue weighted by Crippen LogP contribution is 2.14. The van der Waals surface area contributed by atoms with E-state index in [9.17, 15) is 0 Å². The van der Waals surface area contributed by atoms with Gasteiger partial charge in [0.15, 0.2) is 0 Å². The van der Waals surface area contributed by atoms with E-state index in [2.05, 4.69) is 41.2 Å². The molecule has 1 heterocycles. The van der Waals surface area contributed by atoms with Crippen molar-refractivity contribution >= 4 is 0 Å². The van der Waals surface area contributed by atoms with Crippen molar-refractivity contribution < 1.29 is 4.74 Å². The van der Waals surface area contributed by atoms with Crippen LogP contribution in [0.15, 0.2) is 12.1 Å². The molecule has 0 aliphatic heterocycles. The molecule has 1 aromatic heterocycles. The number of pyridine rings is 1. The summed E-state index contributed by atoms with van der Waals surface area (Å²) in [6, 6.07) is 4.24. The summed E-state index contributed by atoms with van der Waals surface area (Å²) in [5, 5.41) is 3.43. The Kier molecular flexibility index (Phi) is 8.23. The lowest BCUT2D eigenvalue weighted by Gasteiger charge is -2.13. The fraction of sp³-hybridized carbons (Fsp3) is 0.688. The van der Waals surface area contributed by atoms with Crippen molar-refractivity contribution in [3.05, 3.63) is 23.4 Å². The molecule has 0 bridgehead atoms. The van der Waals surface area contributed by atoms with E-state index in [1.54, 1.807) is 0 Å². The first kappa shape index (κ1) is 16.9. The van der Waals surface area contributed by atoms with Gasteiger partial charge in [0, 0.05) is 24.8 Å². The molecule has 4 heteroatoms. The average molecular weight is 279 g/mol. The number of nitrogens with one attached hydrogen (secondary N) is 1. The van der Waals surface area contributed by atoms with Gasteiger partial charge in [-0.05, 0) is 45.1 Å². The molecule has 0 spiro atoms. The zero-order chi connectivity index (χ0) is 14.8. The van der Waals surface area contributed by atoms with Gasteiger partial charge in [0.05, 0.1) is 0 Å². The van der Waals surface area contributed by atoms with Crippen molar-refractivity contribution in [3.8, 4) is 5.88 Å². The van der Waals surface area contributed by atoms with Crippen LogP contribution in [0.2, 0.25) is 0 Å². The van der Waals surface area contributed by atoms with Gasteiger partial charge in [0.1, 0.15) is 6.61 Å². The van der Waals surface area contributed by atoms with Gasteiger partial charge in [0.25, 0.3) is 0 Å². The van der Waals surface area contributed by atoms with Crippen molar-refractivity contribution in [1.82, 2.24) is 15.2 Å². The molecule has 0 saturated carbocycles. The van der Waals surface area contributed by atoms with Crippen LogP contribution in [0, 0.1) is 0 Å². The van der Waals surface area contributed by atoms with E-state index in [0.29, 0.717) is 6.61 Å². The topological polar surface area (TPSA) is 37.4 Å². The van der Waals surface area contributed by atoms with Crippen molar-refractivity contribution in [2.45, 2.75) is 39.7 Å². The normalized spacial score (nSPS) is 11.1. The molecule has 1 N–H and O–H groups in total. The maximum atomic E-state index is 5.77. The predicted octanol–water partition coefficient (Wildman–Crippen LogP) is 2.47. The molecule has 114 valence electrons. The quantitative estimate of drug-likeness (QED) is 0.668. The minimum atomic E-state index is 0.678. The third kappa shape index (κ3) is 6.87. The molecule has 1 rings (SSSR count). The molecule has 4 nitrogen and oxygen atoms in total. The molecule has 0 radical (unpaired) electrons. The van der Waals surface area contributed by atoms with E-state index in [1.165, 1.54) is 5.56 Å². The fourth-order valence-corrected chi connectivity index (χ4v) is 1.92. The lowest BCUT2D eigenvalue weighted by Crippen LogP contribution is -2.20. The first-order valence-electron chi connectivity index (χ1n) is 7.63. The highest BCUT2D eigenvalue weighted by atomic mass is 16.5. The number of nitrogens with zero attached hydrogens (tertiary/aromatic N) is 2. The van der Waals surface area contributed by atoms with Crippen LogP contribution in [0.3, 0.4) is 0 Å². The van der Waals surface area contributed by atoms with Crippen LogP contribution in [0.5, 0.6) is 5.88 Å². The van der Waals surface area contributed by atoms with Crippen molar-refractivity contribution in [2.75, 3.05) is 33.8 Å². The zero-order valence-electron chi connectivity index (χ0n) is 13.4. The zero-order valence-corrected chi connectivity index (χ0v) is 13.4. The largest absolute Gasteiger partial charge is 0.476 e. The summed E-state index contributed by atoms with van der Waals surface area (Å²) in [6.45, 7) is 7.87. The number of hydrogen-bond donors (Lipinski definition) is 1. The first-order chi connectivity index (χ1) is 9.65. The van der Waals surface area contributed by atoms with Crippen molar-refractivity contribution in [2.24, 2.45) is 0 Å². The highest BCUT2D eigenvalue weighted by Gasteiger charge is 2.04. The molecule has 0 aliphatic rings. The van der Waals surface area contributed by atoms with Gasteiger partial charge < -0.3 is 15.0 Å². The number of hydrogen-bond acceptors (Lipinski definition) is 4. The Balaban J connectivity index is 2.65. The lowest BCUT2D eigenvalue weighted by atomic mass is 10.1. The Morgan fingerprint density at radius 3 is 2.65 bits per heavy atom. The third-order valence-corrected chi connectivity index (χ3v) is 2.97. The van der Waals surface area contributed by atoms with E-state index >= 15 is 0 Å². The number of rotatable bonds is 10. The number of aromatic nitrogens is 1. The molecule has 0 unspecified atom stereocenters. The first-order valence-corrected chi connectivity index (χ1v) is 7.63. The van der Waals surface area contributed by atoms with Crippen LogP contribution in [-0.4, -0.2) is 43.7 Å². The Bertz CT molecular complexity index is 380. The van der Waals surface area contributed by atoms with E-state index in [1.807, 2.05) is 14.1 Å². The number of aryl methyl sites for hydroxylation is 1. The molecule has 0 fully saturated rings. The molecule has 0 amide bonds. The van der Waals surface area contributed by atoms with Crippen LogP contribution in [0.1, 0.15) is 37.9 Å². The monoisotopic (exact) mass is 279 g/mol. The lowest BCUT2D eigenvalue weighted by molar-refractivity contribution is 0.253. The van der Waals surface area contributed by atoms with Crippen LogP contribution in [0.25, 0.3) is 0 Å². The molecular formula is C16H29N3O. The highest BCUT2D eigenvalue weighted by molar-refractivity contribution is 5.25. The summed E-state index contributed by atoms with van der Waals surface area (Å²) in [6.07, 6.45) is 3.26. The Morgan fingerprint density at radius 1 is 1.20 bits per heavy atom. The number of likely N-dealkylation sites (N-methyl/N-ethyl adjacent to an activating group) is 1. The second-order valence-corrected chi connectivity index (χ2v) is 5.38. The second-order valence-electron chi connectivity index (χ2n) is 5.38. The Hall–Kier alpha value is -1.13. The van der Waals surface area contributed by atoms with Crippen LogP contribution in [-0.2, 0) is 13.0 Å². The molecule has 0 aliphatic carbocycles. The maximum absolute atomic E-state index is 5.77. The Morgan fingerprint density at radius 2 is 2.00 bits per heavy atom. The standard InChI is InChI=1S/C16H29N3O/c1-5-7-15-11-14(13-17-8-6-2)12-16(18-15)20-10-9-19(3)4/h11-12,17H,5-10,13H2,1-4H3. The predicted molar refractivity (Wildman–Crippen MR) is 84.3 cm³/mol. The Labute approximate surface area is 123 Å². The van der Waals surface area contributed by atoms with E-state index in [4.69, 9.17) is 4.74 Å². The van der Waals surface area contributed by atoms with E-state index in [0.717, 1.165) is 50.5 Å². The van der Waals surface area contributed by atoms with Crippen LogP contribution >= 0.6 is 0 Å². The summed E-state index contributed by atoms with van der Waals surface area (Å²) < 4.78 is 5.77. The molecule has 0 saturated heterocycles. The molecule has 20 heavy (non-hydrogen) atoms. The van der Waals surface area contributed by atoms with Crippen LogP contribution in [0.4, 0.5) is 0 Å². The summed E-state index contributed by atoms with van der Waals surface area (Å²) in [7, 11) is 4.09. The maximum Gasteiger partial charge on any atom is 0.213 e. The minimum Gasteiger partial charge on any atom is -0.476 e. The van der Waals surface area contributed by atoms with Gasteiger partial charge in [-0.1, -0.05) is 20.3 Å². The van der Waals surface area contributed by atoms with Gasteiger partial charge >= 0.3 is 0 Å². The van der Waals surface area contributed by atoms with Gasteiger partial charge in [-0.3, -0.25) is 0 Å². The minimum absolute atomic E-state index is 0.678. The van der Waals surface area contributed by atoms with E-state index < -0.39 is 0 Å². The smallest absolute Gasteiger partial charge is 0.213 e. The summed E-state index contributed by atoms with van der Waals surface area (Å²) >= 11 is 0. The molecule has 0 aromatic carbocycles. The van der Waals surface area contributed by atoms with Crippen molar-refractivity contribution in [1.29, 1.82) is 0 Å². The SMILES string of the molecule is CCCNCc1cc(CCC)nc(OCCN(C)C)c1. The molecule has 0 atom stereocenters. The molecular weight excluding hydrogens is 250 g/mol. The summed E-state index contributed by atoms with van der Waals surface area (Å²) in [5.41, 5.74) is 2.39. The van der Waals surface area contributed by atoms with E-state index in [-0.39, 0.29) is 0 Å². The van der Waals surface area contributed by atoms with Gasteiger partial charge in [-0.2, -0.15) is 0 Å². The van der Waals surface area contributed by atoms with Gasteiger partial charge in [-0.25, -0.2) is 4.98 Å². The third-order valence-electron chi connectivity index (χ3n) is 2.97. The fourth-order valence-electron chi connectivity index (χ4n) is 1.92. The van der Waals surface area contributed by atoms with Gasteiger partial charge in [0.2, 0.25) is 5.88 Å². The average Bonchev–Trinajstić information content (AvgIpc) is 2.39. The second kappa shape index (κ2) is 9.72. The van der Waals surface area contributed by atoms with Crippen molar-refractivity contribution in [3.63, 3.8) is 0 Å². The van der Waals surface area contributed by atoms with Gasteiger partial charge in [-0.15, -0.1) is 0 Å².